The predicted molar refractivity (Wildman–Crippen MR) is 88.5 cm³/mol. The summed E-state index contributed by atoms with van der Waals surface area (Å²) in [5.41, 5.74) is 1.58. The van der Waals surface area contributed by atoms with E-state index in [-0.39, 0.29) is 5.91 Å². The molecule has 6 heteroatoms. The minimum Gasteiger partial charge on any atom is -0.446 e. The Morgan fingerprint density at radius 1 is 1.27 bits per heavy atom. The first kappa shape index (κ1) is 15.1. The molecular weight excluding hydrogens is 368 g/mol. The number of ether oxygens (including phenoxy) is 1. The molecule has 1 heterocycles. The third-order valence-corrected chi connectivity index (χ3v) is 3.96. The molecule has 0 spiro atoms. The molecule has 22 heavy (non-hydrogen) atoms. The van der Waals surface area contributed by atoms with Crippen molar-refractivity contribution < 1.29 is 9.53 Å². The summed E-state index contributed by atoms with van der Waals surface area (Å²) in [5.74, 6) is 0.213. The van der Waals surface area contributed by atoms with Crippen LogP contribution in [0.1, 0.15) is 24.3 Å². The van der Waals surface area contributed by atoms with Crippen molar-refractivity contribution in [3.8, 4) is 0 Å². The highest BCUT2D eigenvalue weighted by Gasteiger charge is 2.33. The zero-order valence-electron chi connectivity index (χ0n) is 11.7. The smallest absolute Gasteiger partial charge is 0.243 e. The molecule has 0 fully saturated rings. The standard InChI is InChI=1S/C16H12BrClN2O2/c1-10(21)20-16(12-3-2-4-14(18)9-12)22-15(19-20)11-5-7-13(17)8-6-11/h2-9,16H,1H3/t16-/m1/s1. The Balaban J connectivity index is 1.94. The van der Waals surface area contributed by atoms with Crippen molar-refractivity contribution in [2.45, 2.75) is 13.2 Å². The van der Waals surface area contributed by atoms with Gasteiger partial charge in [0, 0.05) is 27.5 Å². The lowest BCUT2D eigenvalue weighted by molar-refractivity contribution is -0.135. The minimum absolute atomic E-state index is 0.197. The lowest BCUT2D eigenvalue weighted by Crippen LogP contribution is -2.25. The summed E-state index contributed by atoms with van der Waals surface area (Å²) >= 11 is 9.41. The van der Waals surface area contributed by atoms with Crippen molar-refractivity contribution in [1.29, 1.82) is 0 Å². The molecule has 0 saturated heterocycles. The first-order valence-electron chi connectivity index (χ1n) is 6.61. The molecule has 1 aliphatic rings. The van der Waals surface area contributed by atoms with Gasteiger partial charge in [-0.25, -0.2) is 0 Å². The fourth-order valence-electron chi connectivity index (χ4n) is 2.15. The molecule has 2 aromatic rings. The van der Waals surface area contributed by atoms with Crippen LogP contribution >= 0.6 is 27.5 Å². The Bertz CT molecular complexity index is 746. The molecule has 1 atom stereocenters. The Hall–Kier alpha value is -1.85. The van der Waals surface area contributed by atoms with Crippen LogP contribution < -0.4 is 0 Å². The molecule has 0 saturated carbocycles. The molecule has 4 nitrogen and oxygen atoms in total. The first-order valence-corrected chi connectivity index (χ1v) is 7.78. The number of nitrogens with zero attached hydrogens (tertiary/aromatic N) is 2. The Morgan fingerprint density at radius 2 is 2.00 bits per heavy atom. The van der Waals surface area contributed by atoms with Gasteiger partial charge in [0.05, 0.1) is 0 Å². The molecule has 3 rings (SSSR count). The zero-order chi connectivity index (χ0) is 15.7. The third kappa shape index (κ3) is 3.00. The summed E-state index contributed by atoms with van der Waals surface area (Å²) in [6.45, 7) is 1.45. The van der Waals surface area contributed by atoms with Gasteiger partial charge in [-0.05, 0) is 36.4 Å². The number of hydrazone groups is 1. The van der Waals surface area contributed by atoms with E-state index >= 15 is 0 Å². The average Bonchev–Trinajstić information content (AvgIpc) is 2.93. The van der Waals surface area contributed by atoms with Gasteiger partial charge in [0.2, 0.25) is 18.0 Å². The number of benzene rings is 2. The summed E-state index contributed by atoms with van der Waals surface area (Å²) in [6, 6.07) is 14.8. The summed E-state index contributed by atoms with van der Waals surface area (Å²) in [5, 5.41) is 6.20. The van der Waals surface area contributed by atoms with Crippen LogP contribution in [0, 0.1) is 0 Å². The molecule has 0 unspecified atom stereocenters. The van der Waals surface area contributed by atoms with Gasteiger partial charge in [0.25, 0.3) is 0 Å². The van der Waals surface area contributed by atoms with Crippen LogP contribution in [0.2, 0.25) is 5.02 Å². The van der Waals surface area contributed by atoms with E-state index in [9.17, 15) is 4.79 Å². The van der Waals surface area contributed by atoms with Crippen molar-refractivity contribution >= 4 is 39.3 Å². The molecule has 1 amide bonds. The number of carbonyl (C=O) groups is 1. The van der Waals surface area contributed by atoms with E-state index in [1.165, 1.54) is 11.9 Å². The lowest BCUT2D eigenvalue weighted by atomic mass is 10.2. The van der Waals surface area contributed by atoms with E-state index in [4.69, 9.17) is 16.3 Å². The van der Waals surface area contributed by atoms with Crippen LogP contribution in [0.3, 0.4) is 0 Å². The van der Waals surface area contributed by atoms with E-state index in [1.54, 1.807) is 12.1 Å². The Kier molecular flexibility index (Phi) is 4.18. The number of rotatable bonds is 2. The number of amides is 1. The van der Waals surface area contributed by atoms with Crippen LogP contribution in [0.5, 0.6) is 0 Å². The topological polar surface area (TPSA) is 41.9 Å². The summed E-state index contributed by atoms with van der Waals surface area (Å²) < 4.78 is 6.85. The maximum atomic E-state index is 11.8. The zero-order valence-corrected chi connectivity index (χ0v) is 14.0. The average molecular weight is 380 g/mol. The van der Waals surface area contributed by atoms with Gasteiger partial charge in [-0.1, -0.05) is 39.7 Å². The highest BCUT2D eigenvalue weighted by molar-refractivity contribution is 9.10. The van der Waals surface area contributed by atoms with E-state index < -0.39 is 6.23 Å². The van der Waals surface area contributed by atoms with Crippen LogP contribution in [0.15, 0.2) is 58.1 Å². The van der Waals surface area contributed by atoms with E-state index in [0.717, 1.165) is 15.6 Å². The third-order valence-electron chi connectivity index (χ3n) is 3.19. The first-order chi connectivity index (χ1) is 10.5. The minimum atomic E-state index is -0.602. The van der Waals surface area contributed by atoms with Gasteiger partial charge in [0.1, 0.15) is 0 Å². The fourth-order valence-corrected chi connectivity index (χ4v) is 2.62. The van der Waals surface area contributed by atoms with Crippen molar-refractivity contribution in [3.63, 3.8) is 0 Å². The highest BCUT2D eigenvalue weighted by Crippen LogP contribution is 2.31. The molecule has 1 aliphatic heterocycles. The van der Waals surface area contributed by atoms with Crippen molar-refractivity contribution in [2.75, 3.05) is 0 Å². The number of carbonyl (C=O) groups excluding carboxylic acids is 1. The van der Waals surface area contributed by atoms with Crippen LogP contribution in [-0.2, 0) is 9.53 Å². The molecule has 0 bridgehead atoms. The van der Waals surface area contributed by atoms with Gasteiger partial charge >= 0.3 is 0 Å². The number of hydrogen-bond donors (Lipinski definition) is 0. The van der Waals surface area contributed by atoms with Gasteiger partial charge in [-0.15, -0.1) is 5.10 Å². The van der Waals surface area contributed by atoms with Crippen molar-refractivity contribution in [2.24, 2.45) is 5.10 Å². The molecule has 0 radical (unpaired) electrons. The molecule has 2 aromatic carbocycles. The quantitative estimate of drug-likeness (QED) is 0.779. The second kappa shape index (κ2) is 6.10. The Labute approximate surface area is 141 Å². The van der Waals surface area contributed by atoms with Crippen LogP contribution in [0.4, 0.5) is 0 Å². The molecular formula is C16H12BrClN2O2. The fraction of sp³-hybridized carbons (Fsp3) is 0.125. The van der Waals surface area contributed by atoms with Crippen LogP contribution in [0.25, 0.3) is 0 Å². The van der Waals surface area contributed by atoms with Gasteiger partial charge < -0.3 is 4.74 Å². The SMILES string of the molecule is CC(=O)N1N=C(c2ccc(Br)cc2)O[C@@H]1c1cccc(Cl)c1. The van der Waals surface area contributed by atoms with Gasteiger partial charge in [-0.3, -0.25) is 4.79 Å². The predicted octanol–water partition coefficient (Wildman–Crippen LogP) is 4.34. The monoisotopic (exact) mass is 378 g/mol. The van der Waals surface area contributed by atoms with Crippen molar-refractivity contribution in [1.82, 2.24) is 5.01 Å². The Morgan fingerprint density at radius 3 is 2.64 bits per heavy atom. The summed E-state index contributed by atoms with van der Waals surface area (Å²) in [4.78, 5) is 11.8. The molecule has 0 aromatic heterocycles. The lowest BCUT2D eigenvalue weighted by Gasteiger charge is -2.19. The molecule has 112 valence electrons. The van der Waals surface area contributed by atoms with Gasteiger partial charge in [0.15, 0.2) is 0 Å². The summed E-state index contributed by atoms with van der Waals surface area (Å²) in [6.07, 6.45) is -0.602. The highest BCUT2D eigenvalue weighted by atomic mass is 79.9. The molecule has 0 N–H and O–H groups in total. The maximum Gasteiger partial charge on any atom is 0.243 e. The number of hydrogen-bond acceptors (Lipinski definition) is 3. The van der Waals surface area contributed by atoms with Crippen molar-refractivity contribution in [3.05, 3.63) is 69.2 Å². The summed E-state index contributed by atoms with van der Waals surface area (Å²) in [7, 11) is 0. The number of halogens is 2. The van der Waals surface area contributed by atoms with Crippen LogP contribution in [-0.4, -0.2) is 16.8 Å². The maximum absolute atomic E-state index is 11.8. The largest absolute Gasteiger partial charge is 0.446 e. The van der Waals surface area contributed by atoms with E-state index in [0.29, 0.717) is 10.9 Å². The van der Waals surface area contributed by atoms with Gasteiger partial charge in [-0.2, -0.15) is 5.01 Å². The second-order valence-electron chi connectivity index (χ2n) is 4.80. The normalized spacial score (nSPS) is 17.1. The molecule has 0 aliphatic carbocycles. The van der Waals surface area contributed by atoms with E-state index in [2.05, 4.69) is 21.0 Å². The van der Waals surface area contributed by atoms with E-state index in [1.807, 2.05) is 36.4 Å². The second-order valence-corrected chi connectivity index (χ2v) is 6.15.